The number of nitro groups is 1. The molecule has 6 nitrogen and oxygen atoms in total. The Morgan fingerprint density at radius 1 is 1.25 bits per heavy atom. The maximum atomic E-state index is 12.4. The zero-order valence-electron chi connectivity index (χ0n) is 11.3. The molecule has 0 heterocycles. The molecule has 0 atom stereocenters. The van der Waals surface area contributed by atoms with Crippen LogP contribution in [-0.2, 0) is 4.79 Å². The molecule has 0 aliphatic heterocycles. The smallest absolute Gasteiger partial charge is 0.269 e. The summed E-state index contributed by atoms with van der Waals surface area (Å²) in [4.78, 5) is 22.5. The lowest BCUT2D eigenvalue weighted by molar-refractivity contribution is -0.384. The Balaban J connectivity index is 2.08. The molecule has 1 aliphatic carbocycles. The molecule has 3 N–H and O–H groups in total. The topological polar surface area (TPSA) is 98.3 Å². The third-order valence-electron chi connectivity index (χ3n) is 4.02. The van der Waals surface area contributed by atoms with Gasteiger partial charge < -0.3 is 11.1 Å². The highest BCUT2D eigenvalue weighted by Gasteiger charge is 2.38. The van der Waals surface area contributed by atoms with Gasteiger partial charge in [-0.05, 0) is 25.0 Å². The normalized spacial score (nSPS) is 17.4. The van der Waals surface area contributed by atoms with Crippen LogP contribution in [0.2, 0.25) is 0 Å². The maximum Gasteiger partial charge on any atom is 0.269 e. The number of carbonyl (C=O) groups excluding carboxylic acids is 1. The van der Waals surface area contributed by atoms with Crippen LogP contribution in [0.4, 0.5) is 11.4 Å². The van der Waals surface area contributed by atoms with Gasteiger partial charge in [0.15, 0.2) is 0 Å². The van der Waals surface area contributed by atoms with E-state index >= 15 is 0 Å². The highest BCUT2D eigenvalue weighted by molar-refractivity contribution is 5.95. The molecule has 1 fully saturated rings. The van der Waals surface area contributed by atoms with Crippen LogP contribution < -0.4 is 11.1 Å². The highest BCUT2D eigenvalue weighted by Crippen LogP contribution is 2.36. The van der Waals surface area contributed by atoms with E-state index in [1.165, 1.54) is 12.1 Å². The molecule has 1 aliphatic rings. The van der Waals surface area contributed by atoms with Crippen molar-refractivity contribution in [1.29, 1.82) is 0 Å². The molecule has 6 heteroatoms. The fourth-order valence-electron chi connectivity index (χ4n) is 2.68. The van der Waals surface area contributed by atoms with Crippen LogP contribution >= 0.6 is 0 Å². The van der Waals surface area contributed by atoms with Crippen LogP contribution in [-0.4, -0.2) is 17.4 Å². The van der Waals surface area contributed by atoms with Gasteiger partial charge in [-0.1, -0.05) is 19.3 Å². The number of anilines is 1. The summed E-state index contributed by atoms with van der Waals surface area (Å²) < 4.78 is 0. The summed E-state index contributed by atoms with van der Waals surface area (Å²) in [6.45, 7) is 0.339. The molecule has 0 unspecified atom stereocenters. The average Bonchev–Trinajstić information content (AvgIpc) is 2.48. The number of nitrogens with zero attached hydrogens (tertiary/aromatic N) is 1. The third-order valence-corrected chi connectivity index (χ3v) is 4.02. The fourth-order valence-corrected chi connectivity index (χ4v) is 2.68. The van der Waals surface area contributed by atoms with Crippen LogP contribution in [0, 0.1) is 15.5 Å². The first-order valence-corrected chi connectivity index (χ1v) is 6.83. The monoisotopic (exact) mass is 277 g/mol. The van der Waals surface area contributed by atoms with Gasteiger partial charge in [-0.2, -0.15) is 0 Å². The van der Waals surface area contributed by atoms with Crippen molar-refractivity contribution < 1.29 is 9.72 Å². The van der Waals surface area contributed by atoms with Crippen molar-refractivity contribution >= 4 is 17.3 Å². The number of benzene rings is 1. The van der Waals surface area contributed by atoms with Crippen LogP contribution in [0.1, 0.15) is 32.1 Å². The molecule has 0 saturated heterocycles. The van der Waals surface area contributed by atoms with Crippen molar-refractivity contribution in [3.63, 3.8) is 0 Å². The Hall–Kier alpha value is -1.95. The standard InChI is InChI=1S/C14H19N3O3/c15-10-14(8-2-1-3-9-14)13(18)16-11-4-6-12(7-5-11)17(19)20/h4-7H,1-3,8-10,15H2,(H,16,18). The van der Waals surface area contributed by atoms with Crippen LogP contribution in [0.15, 0.2) is 24.3 Å². The van der Waals surface area contributed by atoms with E-state index in [1.54, 1.807) is 12.1 Å². The number of rotatable bonds is 4. The van der Waals surface area contributed by atoms with E-state index in [4.69, 9.17) is 5.73 Å². The second kappa shape index (κ2) is 6.00. The van der Waals surface area contributed by atoms with Crippen molar-refractivity contribution in [2.45, 2.75) is 32.1 Å². The van der Waals surface area contributed by atoms with E-state index in [9.17, 15) is 14.9 Å². The van der Waals surface area contributed by atoms with E-state index in [0.29, 0.717) is 12.2 Å². The van der Waals surface area contributed by atoms with Gasteiger partial charge in [-0.15, -0.1) is 0 Å². The second-order valence-electron chi connectivity index (χ2n) is 5.30. The number of nitrogens with one attached hydrogen (secondary N) is 1. The van der Waals surface area contributed by atoms with Crippen molar-refractivity contribution in [2.75, 3.05) is 11.9 Å². The second-order valence-corrected chi connectivity index (χ2v) is 5.30. The van der Waals surface area contributed by atoms with Gasteiger partial charge in [0, 0.05) is 24.4 Å². The van der Waals surface area contributed by atoms with E-state index < -0.39 is 10.3 Å². The Morgan fingerprint density at radius 3 is 2.35 bits per heavy atom. The van der Waals surface area contributed by atoms with Crippen molar-refractivity contribution in [3.05, 3.63) is 34.4 Å². The number of hydrogen-bond acceptors (Lipinski definition) is 4. The molecule has 0 bridgehead atoms. The van der Waals surface area contributed by atoms with E-state index in [1.807, 2.05) is 0 Å². The quantitative estimate of drug-likeness (QED) is 0.652. The van der Waals surface area contributed by atoms with Crippen molar-refractivity contribution in [2.24, 2.45) is 11.1 Å². The first-order valence-electron chi connectivity index (χ1n) is 6.83. The number of hydrogen-bond donors (Lipinski definition) is 2. The number of carbonyl (C=O) groups is 1. The molecular weight excluding hydrogens is 258 g/mol. The minimum Gasteiger partial charge on any atom is -0.329 e. The molecule has 0 aromatic heterocycles. The summed E-state index contributed by atoms with van der Waals surface area (Å²) in [6, 6.07) is 5.85. The summed E-state index contributed by atoms with van der Waals surface area (Å²) in [6.07, 6.45) is 4.80. The van der Waals surface area contributed by atoms with Gasteiger partial charge in [0.2, 0.25) is 5.91 Å². The summed E-state index contributed by atoms with van der Waals surface area (Å²) in [5.41, 5.74) is 5.90. The fraction of sp³-hybridized carbons (Fsp3) is 0.500. The Bertz CT molecular complexity index is 493. The Labute approximate surface area is 117 Å². The summed E-state index contributed by atoms with van der Waals surface area (Å²) in [5, 5.41) is 13.4. The van der Waals surface area contributed by atoms with Gasteiger partial charge in [-0.25, -0.2) is 0 Å². The molecule has 1 amide bonds. The number of non-ortho nitro benzene ring substituents is 1. The first-order chi connectivity index (χ1) is 9.57. The minimum absolute atomic E-state index is 0.00852. The van der Waals surface area contributed by atoms with Gasteiger partial charge in [-0.3, -0.25) is 14.9 Å². The minimum atomic E-state index is -0.486. The van der Waals surface area contributed by atoms with E-state index in [2.05, 4.69) is 5.32 Å². The first kappa shape index (κ1) is 14.5. The Kier molecular flexibility index (Phi) is 4.34. The van der Waals surface area contributed by atoms with Crippen LogP contribution in [0.25, 0.3) is 0 Å². The largest absolute Gasteiger partial charge is 0.329 e. The van der Waals surface area contributed by atoms with Crippen molar-refractivity contribution in [3.8, 4) is 0 Å². The van der Waals surface area contributed by atoms with E-state index in [-0.39, 0.29) is 11.6 Å². The summed E-state index contributed by atoms with van der Waals surface area (Å²) in [5.74, 6) is -0.0754. The van der Waals surface area contributed by atoms with E-state index in [0.717, 1.165) is 32.1 Å². The molecule has 20 heavy (non-hydrogen) atoms. The summed E-state index contributed by atoms with van der Waals surface area (Å²) >= 11 is 0. The molecule has 108 valence electrons. The SMILES string of the molecule is NCC1(C(=O)Nc2ccc([N+](=O)[O-])cc2)CCCCC1. The predicted molar refractivity (Wildman–Crippen MR) is 76.3 cm³/mol. The van der Waals surface area contributed by atoms with Gasteiger partial charge >= 0.3 is 0 Å². The molecule has 1 aromatic rings. The molecule has 1 aromatic carbocycles. The number of nitro benzene ring substituents is 1. The third kappa shape index (κ3) is 2.96. The van der Waals surface area contributed by atoms with Gasteiger partial charge in [0.25, 0.3) is 5.69 Å². The van der Waals surface area contributed by atoms with Crippen LogP contribution in [0.5, 0.6) is 0 Å². The predicted octanol–water partition coefficient (Wildman–Crippen LogP) is 2.44. The van der Waals surface area contributed by atoms with Crippen molar-refractivity contribution in [1.82, 2.24) is 0 Å². The molecule has 1 saturated carbocycles. The van der Waals surface area contributed by atoms with Gasteiger partial charge in [0.1, 0.15) is 0 Å². The average molecular weight is 277 g/mol. The maximum absolute atomic E-state index is 12.4. The lowest BCUT2D eigenvalue weighted by Gasteiger charge is -2.34. The zero-order valence-corrected chi connectivity index (χ0v) is 11.3. The molecule has 2 rings (SSSR count). The molecular formula is C14H19N3O3. The van der Waals surface area contributed by atoms with Crippen LogP contribution in [0.3, 0.4) is 0 Å². The molecule has 0 spiro atoms. The number of amides is 1. The lowest BCUT2D eigenvalue weighted by atomic mass is 9.73. The van der Waals surface area contributed by atoms with Gasteiger partial charge in [0.05, 0.1) is 10.3 Å². The molecule has 0 radical (unpaired) electrons. The summed E-state index contributed by atoms with van der Waals surface area (Å²) in [7, 11) is 0. The number of nitrogens with two attached hydrogens (primary N) is 1. The lowest BCUT2D eigenvalue weighted by Crippen LogP contribution is -2.43. The Morgan fingerprint density at radius 2 is 1.85 bits per heavy atom. The zero-order chi connectivity index (χ0) is 14.6. The highest BCUT2D eigenvalue weighted by atomic mass is 16.6.